The van der Waals surface area contributed by atoms with Crippen LogP contribution in [0.1, 0.15) is 61.4 Å². The van der Waals surface area contributed by atoms with E-state index in [1.54, 1.807) is 30.2 Å². The number of aryl methyl sites for hydroxylation is 1. The average molecular weight is 763 g/mol. The van der Waals surface area contributed by atoms with Crippen LogP contribution < -0.4 is 5.32 Å². The summed E-state index contributed by atoms with van der Waals surface area (Å²) in [5.41, 5.74) is 2.20. The predicted molar refractivity (Wildman–Crippen MR) is 197 cm³/mol. The van der Waals surface area contributed by atoms with Gasteiger partial charge in [-0.2, -0.15) is 0 Å². The molecule has 1 N–H and O–H groups in total. The summed E-state index contributed by atoms with van der Waals surface area (Å²) >= 11 is 13.6. The summed E-state index contributed by atoms with van der Waals surface area (Å²) in [5, 5.41) is 4.18. The molecule has 3 aliphatic rings. The summed E-state index contributed by atoms with van der Waals surface area (Å²) in [4.78, 5) is 46.7. The van der Waals surface area contributed by atoms with Crippen molar-refractivity contribution in [1.29, 1.82) is 0 Å². The lowest BCUT2D eigenvalue weighted by Gasteiger charge is -2.52. The number of alkyl halides is 2. The predicted octanol–water partition coefficient (Wildman–Crippen LogP) is 6.62. The van der Waals surface area contributed by atoms with Crippen molar-refractivity contribution in [1.82, 2.24) is 19.3 Å². The Morgan fingerprint density at radius 3 is 2.29 bits per heavy atom. The molecule has 282 valence electrons. The number of nitrogens with zero attached hydrogens (tertiary/aromatic N) is 4. The van der Waals surface area contributed by atoms with Gasteiger partial charge in [-0.15, -0.1) is 0 Å². The molecule has 1 saturated carbocycles. The summed E-state index contributed by atoms with van der Waals surface area (Å²) in [7, 11) is 1.87. The maximum Gasteiger partial charge on any atom is 0.308 e. The van der Waals surface area contributed by atoms with E-state index in [4.69, 9.17) is 32.7 Å². The molecule has 1 aliphatic carbocycles. The van der Waals surface area contributed by atoms with Crippen molar-refractivity contribution in [3.05, 3.63) is 63.8 Å². The number of hydrogen-bond donors (Lipinski definition) is 1. The minimum absolute atomic E-state index is 0.109. The van der Waals surface area contributed by atoms with Crippen LogP contribution >= 0.6 is 23.2 Å². The summed E-state index contributed by atoms with van der Waals surface area (Å²) in [6.45, 7) is 4.51. The summed E-state index contributed by atoms with van der Waals surface area (Å²) < 4.78 is 40.8. The maximum atomic E-state index is 15.0. The number of para-hydroxylation sites is 1. The topological polar surface area (TPSA) is 96.3 Å². The zero-order chi connectivity index (χ0) is 37.0. The van der Waals surface area contributed by atoms with Gasteiger partial charge in [0.2, 0.25) is 5.85 Å². The van der Waals surface area contributed by atoms with Gasteiger partial charge in [-0.3, -0.25) is 29.1 Å². The number of carbonyl (C=O) groups excluding carboxylic acids is 3. The molecule has 0 bridgehead atoms. The molecule has 1 atom stereocenters. The number of fused-ring (bicyclic) bond motifs is 1. The standard InChI is InChI=1S/C38H47Cl2F2N5O5/c1-3-51-37(50)25-10-12-27(13-11-25)52-38(46-14-6-7-15-46,47-18-16-45(17-19-47)24-35(41)42)34(48)21-26-20-31(40)32(22-30(26)39)43-36(49)29-23-44(2)33-9-5-4-8-28(29)33/h4-5,8-9,20,22-23,25,27,35H,3,6-7,10-19,21,24H2,1-2H3,(H,43,49). The van der Waals surface area contributed by atoms with Crippen LogP contribution in [0.25, 0.3) is 10.9 Å². The van der Waals surface area contributed by atoms with E-state index >= 15 is 0 Å². The quantitative estimate of drug-likeness (QED) is 0.194. The van der Waals surface area contributed by atoms with Crippen LogP contribution in [0, 0.1) is 5.92 Å². The highest BCUT2D eigenvalue weighted by Gasteiger charge is 2.53. The number of hydrogen-bond acceptors (Lipinski definition) is 8. The number of likely N-dealkylation sites (tertiary alicyclic amines) is 1. The largest absolute Gasteiger partial charge is 0.466 e. The van der Waals surface area contributed by atoms with E-state index in [1.165, 1.54) is 0 Å². The molecule has 1 aromatic heterocycles. The molecule has 2 aliphatic heterocycles. The fraction of sp³-hybridized carbons (Fsp3) is 0.553. The third-order valence-corrected chi connectivity index (χ3v) is 11.3. The number of aromatic nitrogens is 1. The second-order valence-corrected chi connectivity index (χ2v) is 14.8. The Kier molecular flexibility index (Phi) is 12.5. The molecule has 10 nitrogen and oxygen atoms in total. The van der Waals surface area contributed by atoms with E-state index < -0.39 is 12.3 Å². The molecule has 52 heavy (non-hydrogen) atoms. The Morgan fingerprint density at radius 2 is 1.62 bits per heavy atom. The number of ether oxygens (including phenoxy) is 2. The summed E-state index contributed by atoms with van der Waals surface area (Å²) in [6.07, 6.45) is 3.00. The number of halogens is 4. The Hall–Kier alpha value is -3.13. The molecule has 6 rings (SSSR count). The number of benzene rings is 2. The maximum absolute atomic E-state index is 15.0. The van der Waals surface area contributed by atoms with Crippen LogP contribution in [0.2, 0.25) is 10.0 Å². The Bertz CT molecular complexity index is 1750. The second kappa shape index (κ2) is 16.9. The van der Waals surface area contributed by atoms with Gasteiger partial charge in [-0.05, 0) is 69.2 Å². The molecule has 3 heterocycles. The summed E-state index contributed by atoms with van der Waals surface area (Å²) in [5.74, 6) is -2.46. The fourth-order valence-electron chi connectivity index (χ4n) is 7.95. The lowest BCUT2D eigenvalue weighted by molar-refractivity contribution is -0.261. The van der Waals surface area contributed by atoms with E-state index in [1.807, 2.05) is 40.8 Å². The van der Waals surface area contributed by atoms with Crippen LogP contribution in [-0.4, -0.2) is 108 Å². The normalized spacial score (nSPS) is 21.8. The van der Waals surface area contributed by atoms with Crippen molar-refractivity contribution < 1.29 is 32.6 Å². The van der Waals surface area contributed by atoms with Crippen molar-refractivity contribution in [3.63, 3.8) is 0 Å². The monoisotopic (exact) mass is 761 g/mol. The van der Waals surface area contributed by atoms with Gasteiger partial charge >= 0.3 is 5.97 Å². The first-order valence-corrected chi connectivity index (χ1v) is 19.0. The molecule has 0 radical (unpaired) electrons. The minimum Gasteiger partial charge on any atom is -0.466 e. The molecule has 1 unspecified atom stereocenters. The molecule has 1 amide bonds. The average Bonchev–Trinajstić information content (AvgIpc) is 3.79. The number of anilines is 1. The first-order chi connectivity index (χ1) is 25.0. The van der Waals surface area contributed by atoms with Crippen LogP contribution in [-0.2, 0) is 32.5 Å². The van der Waals surface area contributed by atoms with Crippen molar-refractivity contribution in [2.75, 3.05) is 57.7 Å². The highest BCUT2D eigenvalue weighted by molar-refractivity contribution is 6.36. The smallest absolute Gasteiger partial charge is 0.308 e. The molecule has 2 aromatic carbocycles. The fourth-order valence-corrected chi connectivity index (χ4v) is 8.41. The van der Waals surface area contributed by atoms with Gasteiger partial charge in [0, 0.05) is 74.9 Å². The molecular formula is C38H47Cl2F2N5O5. The van der Waals surface area contributed by atoms with Crippen LogP contribution in [0.4, 0.5) is 14.5 Å². The number of esters is 1. The van der Waals surface area contributed by atoms with Crippen LogP contribution in [0.5, 0.6) is 0 Å². The van der Waals surface area contributed by atoms with Gasteiger partial charge in [-0.25, -0.2) is 8.78 Å². The number of amides is 1. The lowest BCUT2D eigenvalue weighted by atomic mass is 9.87. The van der Waals surface area contributed by atoms with E-state index in [2.05, 4.69) is 10.2 Å². The van der Waals surface area contributed by atoms with Crippen LogP contribution in [0.15, 0.2) is 42.6 Å². The van der Waals surface area contributed by atoms with Crippen molar-refractivity contribution in [3.8, 4) is 0 Å². The highest BCUT2D eigenvalue weighted by Crippen LogP contribution is 2.38. The van der Waals surface area contributed by atoms with E-state index in [-0.39, 0.29) is 52.7 Å². The van der Waals surface area contributed by atoms with Gasteiger partial charge < -0.3 is 19.4 Å². The second-order valence-electron chi connectivity index (χ2n) is 14.0. The van der Waals surface area contributed by atoms with E-state index in [0.29, 0.717) is 88.4 Å². The molecule has 0 spiro atoms. The van der Waals surface area contributed by atoms with Crippen molar-refractivity contribution in [2.24, 2.45) is 13.0 Å². The molecule has 3 fully saturated rings. The first kappa shape index (κ1) is 38.6. The number of nitrogens with one attached hydrogen (secondary N) is 1. The third kappa shape index (κ3) is 8.32. The Morgan fingerprint density at radius 1 is 0.942 bits per heavy atom. The molecule has 2 saturated heterocycles. The van der Waals surface area contributed by atoms with Gasteiger partial charge in [-0.1, -0.05) is 41.4 Å². The van der Waals surface area contributed by atoms with Crippen molar-refractivity contribution >= 4 is 57.5 Å². The van der Waals surface area contributed by atoms with Gasteiger partial charge in [0.15, 0.2) is 5.78 Å². The van der Waals surface area contributed by atoms with Crippen LogP contribution in [0.3, 0.4) is 0 Å². The van der Waals surface area contributed by atoms with E-state index in [9.17, 15) is 23.2 Å². The lowest BCUT2D eigenvalue weighted by Crippen LogP contribution is -2.71. The number of ketones is 1. The molecular weight excluding hydrogens is 715 g/mol. The Labute approximate surface area is 313 Å². The first-order valence-electron chi connectivity index (χ1n) is 18.2. The zero-order valence-corrected chi connectivity index (χ0v) is 31.2. The Balaban J connectivity index is 1.26. The zero-order valence-electron chi connectivity index (χ0n) is 29.7. The highest BCUT2D eigenvalue weighted by atomic mass is 35.5. The third-order valence-electron chi connectivity index (χ3n) is 10.6. The van der Waals surface area contributed by atoms with Gasteiger partial charge in [0.1, 0.15) is 0 Å². The van der Waals surface area contributed by atoms with Gasteiger partial charge in [0.05, 0.1) is 41.4 Å². The minimum atomic E-state index is -2.45. The van der Waals surface area contributed by atoms with Crippen molar-refractivity contribution in [2.45, 2.75) is 70.2 Å². The van der Waals surface area contributed by atoms with E-state index in [0.717, 1.165) is 23.7 Å². The number of piperazine rings is 1. The SMILES string of the molecule is CCOC(=O)C1CCC(OC(C(=O)Cc2cc(Cl)c(NC(=O)c3cn(C)c4ccccc34)cc2Cl)(N2CCCC2)N2CCN(CC(F)F)CC2)CC1. The van der Waals surface area contributed by atoms with Gasteiger partial charge in [0.25, 0.3) is 12.3 Å². The number of rotatable bonds is 13. The number of carbonyl (C=O) groups is 3. The summed E-state index contributed by atoms with van der Waals surface area (Å²) in [6, 6.07) is 10.8. The molecule has 14 heteroatoms. The number of Topliss-reactive ketones (excluding diaryl/α,β-unsaturated/α-hetero) is 1. The molecule has 3 aromatic rings.